The number of likely N-dealkylation sites (tertiary alicyclic amines) is 1. The van der Waals surface area contributed by atoms with Crippen molar-refractivity contribution in [3.8, 4) is 5.69 Å². The first-order valence-corrected chi connectivity index (χ1v) is 9.92. The van der Waals surface area contributed by atoms with Crippen molar-refractivity contribution in [2.45, 2.75) is 32.7 Å². The zero-order valence-electron chi connectivity index (χ0n) is 16.8. The van der Waals surface area contributed by atoms with E-state index in [9.17, 15) is 4.79 Å². The molecule has 1 fully saturated rings. The minimum Gasteiger partial charge on any atom is -0.350 e. The molecule has 1 aliphatic heterocycles. The summed E-state index contributed by atoms with van der Waals surface area (Å²) in [6.45, 7) is 5.45. The van der Waals surface area contributed by atoms with Gasteiger partial charge in [-0.3, -0.25) is 4.79 Å². The average molecular weight is 379 g/mol. The fraction of sp³-hybridized carbons (Fsp3) is 0.364. The van der Waals surface area contributed by atoms with Crippen LogP contribution in [-0.2, 0) is 11.8 Å². The van der Waals surface area contributed by atoms with Crippen molar-refractivity contribution < 1.29 is 9.69 Å². The Morgan fingerprint density at radius 2 is 2.00 bits per heavy atom. The van der Waals surface area contributed by atoms with Gasteiger partial charge in [0.1, 0.15) is 6.04 Å². The summed E-state index contributed by atoms with van der Waals surface area (Å²) < 4.78 is 4.06. The highest BCUT2D eigenvalue weighted by molar-refractivity contribution is 5.92. The molecule has 6 nitrogen and oxygen atoms in total. The van der Waals surface area contributed by atoms with Gasteiger partial charge >= 0.3 is 0 Å². The van der Waals surface area contributed by atoms with E-state index in [2.05, 4.69) is 40.4 Å². The third-order valence-electron chi connectivity index (χ3n) is 5.77. The Morgan fingerprint density at radius 1 is 1.21 bits per heavy atom. The smallest absolute Gasteiger partial charge is 0.279 e. The molecule has 0 saturated carbocycles. The fourth-order valence-electron chi connectivity index (χ4n) is 4.35. The second-order valence-electron chi connectivity index (χ2n) is 7.67. The van der Waals surface area contributed by atoms with E-state index in [-0.39, 0.29) is 5.91 Å². The predicted octanol–water partition coefficient (Wildman–Crippen LogP) is 2.19. The molecule has 4 rings (SSSR count). The summed E-state index contributed by atoms with van der Waals surface area (Å²) in [6.07, 6.45) is 4.36. The largest absolute Gasteiger partial charge is 0.350 e. The molecule has 0 bridgehead atoms. The minimum atomic E-state index is 0.0509. The molecule has 6 heteroatoms. The standard InChI is InChI=1S/C22H27N5O/c1-16-22(17(2)27(24-16)18-9-5-4-6-10-18)23-21(28)15-26-14-8-12-20(26)19-11-7-13-25(19)3/h4-7,9-11,13,20H,8,12,14-15H2,1-3H3,(H,23,28)/p+1/t20-/m1/s1. The van der Waals surface area contributed by atoms with E-state index in [1.807, 2.05) is 48.9 Å². The molecule has 0 radical (unpaired) electrons. The van der Waals surface area contributed by atoms with Crippen LogP contribution in [0.1, 0.15) is 36.0 Å². The molecule has 2 N–H and O–H groups in total. The lowest BCUT2D eigenvalue weighted by Gasteiger charge is -2.21. The Balaban J connectivity index is 1.49. The fourth-order valence-corrected chi connectivity index (χ4v) is 4.35. The molecule has 1 aromatic carbocycles. The molecule has 0 aliphatic carbocycles. The molecular formula is C22H28N5O+. The first kappa shape index (κ1) is 18.5. The van der Waals surface area contributed by atoms with Gasteiger partial charge in [0.15, 0.2) is 6.54 Å². The number of rotatable bonds is 5. The highest BCUT2D eigenvalue weighted by Crippen LogP contribution is 2.23. The number of hydrogen-bond acceptors (Lipinski definition) is 2. The number of quaternary nitrogens is 1. The highest BCUT2D eigenvalue weighted by atomic mass is 16.2. The Morgan fingerprint density at radius 3 is 2.71 bits per heavy atom. The van der Waals surface area contributed by atoms with Gasteiger partial charge in [0, 0.05) is 26.1 Å². The van der Waals surface area contributed by atoms with Gasteiger partial charge in [-0.05, 0) is 38.1 Å². The van der Waals surface area contributed by atoms with Crippen molar-refractivity contribution in [3.05, 3.63) is 65.7 Å². The van der Waals surface area contributed by atoms with Gasteiger partial charge in [0.2, 0.25) is 0 Å². The second kappa shape index (κ2) is 7.64. The molecule has 2 aromatic heterocycles. The van der Waals surface area contributed by atoms with Crippen LogP contribution in [0.3, 0.4) is 0 Å². The van der Waals surface area contributed by atoms with Crippen LogP contribution in [0.5, 0.6) is 0 Å². The number of carbonyl (C=O) groups excluding carboxylic acids is 1. The number of nitrogens with one attached hydrogen (secondary N) is 2. The summed E-state index contributed by atoms with van der Waals surface area (Å²) in [4.78, 5) is 14.2. The molecular weight excluding hydrogens is 350 g/mol. The summed E-state index contributed by atoms with van der Waals surface area (Å²) in [7, 11) is 2.08. The third kappa shape index (κ3) is 3.47. The van der Waals surface area contributed by atoms with Crippen molar-refractivity contribution >= 4 is 11.6 Å². The first-order valence-electron chi connectivity index (χ1n) is 9.92. The molecule has 3 aromatic rings. The SMILES string of the molecule is Cc1nn(-c2ccccc2)c(C)c1NC(=O)C[NH+]1CCC[C@@H]1c1cccn1C. The van der Waals surface area contributed by atoms with Gasteiger partial charge in [-0.15, -0.1) is 0 Å². The van der Waals surface area contributed by atoms with E-state index in [1.165, 1.54) is 10.6 Å². The molecule has 1 saturated heterocycles. The van der Waals surface area contributed by atoms with Crippen molar-refractivity contribution in [1.29, 1.82) is 0 Å². The maximum atomic E-state index is 12.8. The van der Waals surface area contributed by atoms with Crippen molar-refractivity contribution in [3.63, 3.8) is 0 Å². The lowest BCUT2D eigenvalue weighted by molar-refractivity contribution is -0.910. The molecule has 1 amide bonds. The van der Waals surface area contributed by atoms with E-state index in [0.29, 0.717) is 12.6 Å². The van der Waals surface area contributed by atoms with Crippen LogP contribution < -0.4 is 10.2 Å². The summed E-state index contributed by atoms with van der Waals surface area (Å²) in [5, 5.41) is 7.75. The minimum absolute atomic E-state index is 0.0509. The number of amides is 1. The zero-order valence-corrected chi connectivity index (χ0v) is 16.8. The average Bonchev–Trinajstić information content (AvgIpc) is 3.38. The number of benzene rings is 1. The molecule has 2 atom stereocenters. The van der Waals surface area contributed by atoms with Gasteiger partial charge in [-0.2, -0.15) is 5.10 Å². The Hall–Kier alpha value is -2.86. The van der Waals surface area contributed by atoms with E-state index < -0.39 is 0 Å². The number of aryl methyl sites for hydroxylation is 2. The molecule has 3 heterocycles. The number of carbonyl (C=O) groups is 1. The second-order valence-corrected chi connectivity index (χ2v) is 7.67. The lowest BCUT2D eigenvalue weighted by atomic mass is 10.1. The summed E-state index contributed by atoms with van der Waals surface area (Å²) in [6, 6.07) is 14.6. The normalized spacial score (nSPS) is 19.1. The molecule has 1 unspecified atom stereocenters. The third-order valence-corrected chi connectivity index (χ3v) is 5.77. The molecule has 146 valence electrons. The van der Waals surface area contributed by atoms with E-state index in [1.54, 1.807) is 0 Å². The monoisotopic (exact) mass is 378 g/mol. The van der Waals surface area contributed by atoms with E-state index in [4.69, 9.17) is 0 Å². The Labute approximate surface area is 165 Å². The molecule has 0 spiro atoms. The van der Waals surface area contributed by atoms with Crippen molar-refractivity contribution in [2.75, 3.05) is 18.4 Å². The van der Waals surface area contributed by atoms with Gasteiger partial charge in [0.05, 0.1) is 35.0 Å². The number of hydrogen-bond donors (Lipinski definition) is 2. The van der Waals surface area contributed by atoms with Crippen molar-refractivity contribution in [1.82, 2.24) is 14.3 Å². The molecule has 1 aliphatic rings. The predicted molar refractivity (Wildman–Crippen MR) is 110 cm³/mol. The maximum Gasteiger partial charge on any atom is 0.279 e. The van der Waals surface area contributed by atoms with Crippen molar-refractivity contribution in [2.24, 2.45) is 7.05 Å². The zero-order chi connectivity index (χ0) is 19.7. The summed E-state index contributed by atoms with van der Waals surface area (Å²) in [5.74, 6) is 0.0509. The van der Waals surface area contributed by atoms with Crippen LogP contribution in [-0.4, -0.2) is 33.3 Å². The highest BCUT2D eigenvalue weighted by Gasteiger charge is 2.33. The maximum absolute atomic E-state index is 12.8. The number of aromatic nitrogens is 3. The van der Waals surface area contributed by atoms with E-state index >= 15 is 0 Å². The lowest BCUT2D eigenvalue weighted by Crippen LogP contribution is -3.11. The van der Waals surface area contributed by atoms with Crippen LogP contribution in [0.2, 0.25) is 0 Å². The van der Waals surface area contributed by atoms with Crippen LogP contribution >= 0.6 is 0 Å². The number of anilines is 1. The summed E-state index contributed by atoms with van der Waals surface area (Å²) in [5.41, 5.74) is 4.92. The number of para-hydroxylation sites is 1. The first-order chi connectivity index (χ1) is 13.5. The number of nitrogens with zero attached hydrogens (tertiary/aromatic N) is 3. The van der Waals surface area contributed by atoms with E-state index in [0.717, 1.165) is 42.1 Å². The van der Waals surface area contributed by atoms with Crippen LogP contribution in [0.25, 0.3) is 5.69 Å². The topological polar surface area (TPSA) is 56.3 Å². The quantitative estimate of drug-likeness (QED) is 0.715. The van der Waals surface area contributed by atoms with Crippen LogP contribution in [0.4, 0.5) is 5.69 Å². The Kier molecular flexibility index (Phi) is 5.05. The van der Waals surface area contributed by atoms with Gasteiger partial charge < -0.3 is 14.8 Å². The van der Waals surface area contributed by atoms with Gasteiger partial charge in [-0.1, -0.05) is 18.2 Å². The van der Waals surface area contributed by atoms with Crippen LogP contribution in [0.15, 0.2) is 48.7 Å². The van der Waals surface area contributed by atoms with Crippen LogP contribution in [0, 0.1) is 13.8 Å². The van der Waals surface area contributed by atoms with Gasteiger partial charge in [-0.25, -0.2) is 4.68 Å². The Bertz CT molecular complexity index is 972. The summed E-state index contributed by atoms with van der Waals surface area (Å²) >= 11 is 0. The van der Waals surface area contributed by atoms with Gasteiger partial charge in [0.25, 0.3) is 5.91 Å². The molecule has 28 heavy (non-hydrogen) atoms.